The molecule has 19 heavy (non-hydrogen) atoms. The smallest absolute Gasteiger partial charge is 0.108 e. The van der Waals surface area contributed by atoms with Gasteiger partial charge in [-0.05, 0) is 51.3 Å². The van der Waals surface area contributed by atoms with Gasteiger partial charge in [-0.25, -0.2) is 0 Å². The van der Waals surface area contributed by atoms with E-state index in [2.05, 4.69) is 23.2 Å². The molecule has 1 fully saturated rings. The zero-order chi connectivity index (χ0) is 13.1. The van der Waals surface area contributed by atoms with Gasteiger partial charge in [0.05, 0.1) is 6.26 Å². The van der Waals surface area contributed by atoms with Gasteiger partial charge in [-0.3, -0.25) is 4.90 Å². The predicted octanol–water partition coefficient (Wildman–Crippen LogP) is 3.12. The number of furan rings is 1. The minimum atomic E-state index is 0.588. The second-order valence-electron chi connectivity index (χ2n) is 6.00. The molecule has 1 aromatic heterocycles. The molecule has 2 aliphatic rings. The second-order valence-corrected chi connectivity index (χ2v) is 6.00. The summed E-state index contributed by atoms with van der Waals surface area (Å²) in [5.41, 5.74) is 1.46. The van der Waals surface area contributed by atoms with Crippen molar-refractivity contribution in [3.8, 4) is 0 Å². The molecule has 3 heteroatoms. The topological polar surface area (TPSA) is 28.4 Å². The monoisotopic (exact) mass is 262 g/mol. The lowest BCUT2D eigenvalue weighted by molar-refractivity contribution is 0.161. The van der Waals surface area contributed by atoms with Gasteiger partial charge >= 0.3 is 0 Å². The molecular formula is C16H26N2O. The molecule has 2 unspecified atom stereocenters. The summed E-state index contributed by atoms with van der Waals surface area (Å²) in [6.45, 7) is 5.89. The molecule has 0 amide bonds. The number of hydrogen-bond acceptors (Lipinski definition) is 3. The normalized spacial score (nSPS) is 26.8. The van der Waals surface area contributed by atoms with Crippen LogP contribution in [0.15, 0.2) is 16.7 Å². The number of aryl methyl sites for hydroxylation is 1. The number of rotatable bonds is 5. The van der Waals surface area contributed by atoms with Gasteiger partial charge in [0.1, 0.15) is 5.76 Å². The van der Waals surface area contributed by atoms with E-state index in [1.165, 1.54) is 63.1 Å². The third-order valence-electron chi connectivity index (χ3n) is 4.59. The number of fused-ring (bicyclic) bond motifs is 1. The molecule has 106 valence electrons. The number of hydrogen-bond donors (Lipinski definition) is 1. The molecule has 0 aromatic carbocycles. The highest BCUT2D eigenvalue weighted by Gasteiger charge is 2.29. The third kappa shape index (κ3) is 2.87. The zero-order valence-corrected chi connectivity index (χ0v) is 12.0. The average molecular weight is 262 g/mol. The third-order valence-corrected chi connectivity index (χ3v) is 4.59. The fourth-order valence-electron chi connectivity index (χ4n) is 3.70. The van der Waals surface area contributed by atoms with Crippen LogP contribution in [-0.4, -0.2) is 30.6 Å². The first kappa shape index (κ1) is 13.2. The van der Waals surface area contributed by atoms with Gasteiger partial charge in [0.25, 0.3) is 0 Å². The van der Waals surface area contributed by atoms with Gasteiger partial charge in [0.2, 0.25) is 0 Å². The van der Waals surface area contributed by atoms with E-state index in [0.717, 1.165) is 6.42 Å². The lowest BCUT2D eigenvalue weighted by Crippen LogP contribution is -2.40. The Balaban J connectivity index is 1.73. The molecule has 1 aliphatic carbocycles. The molecular weight excluding hydrogens is 236 g/mol. The van der Waals surface area contributed by atoms with E-state index in [1.54, 1.807) is 0 Å². The molecule has 1 aromatic rings. The molecule has 0 radical (unpaired) electrons. The van der Waals surface area contributed by atoms with E-state index in [9.17, 15) is 0 Å². The first-order valence-corrected chi connectivity index (χ1v) is 7.92. The first-order valence-electron chi connectivity index (χ1n) is 7.92. The summed E-state index contributed by atoms with van der Waals surface area (Å²) in [5, 5.41) is 3.64. The van der Waals surface area contributed by atoms with Crippen molar-refractivity contribution in [1.82, 2.24) is 10.2 Å². The summed E-state index contributed by atoms with van der Waals surface area (Å²) < 4.78 is 5.64. The molecule has 3 rings (SSSR count). The van der Waals surface area contributed by atoms with Crippen LogP contribution in [0.4, 0.5) is 0 Å². The van der Waals surface area contributed by atoms with Crippen LogP contribution in [0.2, 0.25) is 0 Å². The maximum Gasteiger partial charge on any atom is 0.108 e. The molecule has 2 heterocycles. The van der Waals surface area contributed by atoms with Crippen LogP contribution < -0.4 is 5.32 Å². The molecule has 2 atom stereocenters. The Morgan fingerprint density at radius 2 is 2.32 bits per heavy atom. The summed E-state index contributed by atoms with van der Waals surface area (Å²) in [6, 6.07) is 3.48. The van der Waals surface area contributed by atoms with Gasteiger partial charge in [0, 0.05) is 30.6 Å². The van der Waals surface area contributed by atoms with Crippen LogP contribution in [0.1, 0.15) is 56.4 Å². The van der Waals surface area contributed by atoms with Crippen molar-refractivity contribution >= 4 is 0 Å². The first-order chi connectivity index (χ1) is 9.38. The highest BCUT2D eigenvalue weighted by molar-refractivity contribution is 5.24. The molecule has 3 nitrogen and oxygen atoms in total. The Labute approximate surface area is 116 Å². The summed E-state index contributed by atoms with van der Waals surface area (Å²) in [7, 11) is 0. The fourth-order valence-corrected chi connectivity index (χ4v) is 3.70. The van der Waals surface area contributed by atoms with E-state index in [0.29, 0.717) is 12.1 Å². The van der Waals surface area contributed by atoms with Crippen LogP contribution in [-0.2, 0) is 6.42 Å². The van der Waals surface area contributed by atoms with Gasteiger partial charge in [0.15, 0.2) is 0 Å². The fraction of sp³-hybridized carbons (Fsp3) is 0.750. The maximum absolute atomic E-state index is 5.64. The van der Waals surface area contributed by atoms with E-state index in [4.69, 9.17) is 4.42 Å². The van der Waals surface area contributed by atoms with Crippen LogP contribution >= 0.6 is 0 Å². The molecule has 1 saturated heterocycles. The minimum absolute atomic E-state index is 0.588. The summed E-state index contributed by atoms with van der Waals surface area (Å²) in [6.07, 6.45) is 9.47. The average Bonchev–Trinajstić information content (AvgIpc) is 3.08. The van der Waals surface area contributed by atoms with Crippen molar-refractivity contribution in [2.45, 2.75) is 57.5 Å². The molecule has 1 N–H and O–H groups in total. The summed E-state index contributed by atoms with van der Waals surface area (Å²) in [5.74, 6) is 1.23. The predicted molar refractivity (Wildman–Crippen MR) is 77.3 cm³/mol. The van der Waals surface area contributed by atoms with Crippen molar-refractivity contribution in [2.24, 2.45) is 0 Å². The van der Waals surface area contributed by atoms with E-state index in [-0.39, 0.29) is 0 Å². The Bertz CT molecular complexity index is 395. The molecule has 0 spiro atoms. The number of nitrogens with zero attached hydrogens (tertiary/aromatic N) is 1. The zero-order valence-electron chi connectivity index (χ0n) is 12.0. The molecule has 0 bridgehead atoms. The largest absolute Gasteiger partial charge is 0.469 e. The SMILES string of the molecule is CCCN(CC1CCCN1)C1CCCc2occc21. The van der Waals surface area contributed by atoms with Gasteiger partial charge in [-0.15, -0.1) is 0 Å². The van der Waals surface area contributed by atoms with E-state index >= 15 is 0 Å². The van der Waals surface area contributed by atoms with Crippen LogP contribution in [0.25, 0.3) is 0 Å². The van der Waals surface area contributed by atoms with Gasteiger partial charge in [-0.1, -0.05) is 6.92 Å². The van der Waals surface area contributed by atoms with E-state index in [1.807, 2.05) is 6.26 Å². The minimum Gasteiger partial charge on any atom is -0.469 e. The van der Waals surface area contributed by atoms with Crippen molar-refractivity contribution in [1.29, 1.82) is 0 Å². The highest BCUT2D eigenvalue weighted by atomic mass is 16.3. The van der Waals surface area contributed by atoms with Crippen molar-refractivity contribution in [2.75, 3.05) is 19.6 Å². The molecule has 0 saturated carbocycles. The quantitative estimate of drug-likeness (QED) is 0.884. The second kappa shape index (κ2) is 6.10. The van der Waals surface area contributed by atoms with Gasteiger partial charge in [-0.2, -0.15) is 0 Å². The summed E-state index contributed by atoms with van der Waals surface area (Å²) in [4.78, 5) is 2.69. The summed E-state index contributed by atoms with van der Waals surface area (Å²) >= 11 is 0. The lowest BCUT2D eigenvalue weighted by Gasteiger charge is -2.35. The van der Waals surface area contributed by atoms with Gasteiger partial charge < -0.3 is 9.73 Å². The van der Waals surface area contributed by atoms with Crippen LogP contribution in [0, 0.1) is 0 Å². The van der Waals surface area contributed by atoms with Crippen molar-refractivity contribution < 1.29 is 4.42 Å². The maximum atomic E-state index is 5.64. The van der Waals surface area contributed by atoms with Crippen molar-refractivity contribution in [3.05, 3.63) is 23.7 Å². The molecule has 1 aliphatic heterocycles. The lowest BCUT2D eigenvalue weighted by atomic mass is 9.91. The van der Waals surface area contributed by atoms with Crippen LogP contribution in [0.3, 0.4) is 0 Å². The number of nitrogens with one attached hydrogen (secondary N) is 1. The van der Waals surface area contributed by atoms with Crippen LogP contribution in [0.5, 0.6) is 0 Å². The van der Waals surface area contributed by atoms with Crippen molar-refractivity contribution in [3.63, 3.8) is 0 Å². The standard InChI is InChI=1S/C16H26N2O/c1-2-10-18(12-13-5-4-9-17-13)15-6-3-7-16-14(15)8-11-19-16/h8,11,13,15,17H,2-7,9-10,12H2,1H3. The highest BCUT2D eigenvalue weighted by Crippen LogP contribution is 2.35. The van der Waals surface area contributed by atoms with E-state index < -0.39 is 0 Å². The Hall–Kier alpha value is -0.800. The Kier molecular flexibility index (Phi) is 4.24. The Morgan fingerprint density at radius 3 is 3.11 bits per heavy atom. The Morgan fingerprint density at radius 1 is 1.37 bits per heavy atom.